The molecule has 0 aliphatic carbocycles. The number of rotatable bonds is 0. The maximum atomic E-state index is 6.12. The Morgan fingerprint density at radius 3 is 3.06 bits per heavy atom. The lowest BCUT2D eigenvalue weighted by molar-refractivity contribution is 0.631. The molecule has 16 heavy (non-hydrogen) atoms. The van der Waals surface area contributed by atoms with Crippen LogP contribution < -0.4 is 4.90 Å². The quantitative estimate of drug-likeness (QED) is 0.654. The number of hydrogen-bond acceptors (Lipinski definition) is 4. The van der Waals surface area contributed by atoms with Crippen LogP contribution >= 0.6 is 11.6 Å². The smallest absolute Gasteiger partial charge is 0.154 e. The van der Waals surface area contributed by atoms with Crippen LogP contribution in [0.15, 0.2) is 18.5 Å². The molecular formula is C10H10ClN5. The molecule has 1 aliphatic heterocycles. The zero-order valence-electron chi connectivity index (χ0n) is 8.92. The van der Waals surface area contributed by atoms with Gasteiger partial charge in [0.05, 0.1) is 23.6 Å². The van der Waals surface area contributed by atoms with Gasteiger partial charge in [0.25, 0.3) is 0 Å². The second-order valence-corrected chi connectivity index (χ2v) is 4.19. The Balaban J connectivity index is 2.35. The summed E-state index contributed by atoms with van der Waals surface area (Å²) in [6.45, 7) is 2.08. The molecule has 0 saturated heterocycles. The first-order valence-electron chi connectivity index (χ1n) is 4.98. The average Bonchev–Trinajstić information content (AvgIpc) is 2.74. The summed E-state index contributed by atoms with van der Waals surface area (Å²) in [5.41, 5.74) is 2.88. The second-order valence-electron chi connectivity index (χ2n) is 3.83. The van der Waals surface area contributed by atoms with Crippen molar-refractivity contribution in [3.8, 4) is 5.69 Å². The molecule has 1 aliphatic rings. The maximum Gasteiger partial charge on any atom is 0.154 e. The van der Waals surface area contributed by atoms with Gasteiger partial charge in [0.15, 0.2) is 5.15 Å². The van der Waals surface area contributed by atoms with E-state index in [2.05, 4.69) is 27.1 Å². The van der Waals surface area contributed by atoms with E-state index in [0.29, 0.717) is 5.15 Å². The van der Waals surface area contributed by atoms with Gasteiger partial charge in [0.1, 0.15) is 5.69 Å². The van der Waals surface area contributed by atoms with Gasteiger partial charge in [0, 0.05) is 13.2 Å². The van der Waals surface area contributed by atoms with E-state index < -0.39 is 0 Å². The third kappa shape index (κ3) is 1.09. The topological polar surface area (TPSA) is 46.8 Å². The van der Waals surface area contributed by atoms with Crippen LogP contribution in [0.5, 0.6) is 0 Å². The molecular weight excluding hydrogens is 226 g/mol. The minimum atomic E-state index is 0.184. The summed E-state index contributed by atoms with van der Waals surface area (Å²) < 4.78 is 1.81. The Bertz CT molecular complexity index is 550. The van der Waals surface area contributed by atoms with Crippen LogP contribution in [0.3, 0.4) is 0 Å². The molecule has 3 rings (SSSR count). The number of aromatic nitrogens is 4. The van der Waals surface area contributed by atoms with Crippen molar-refractivity contribution in [1.29, 1.82) is 0 Å². The van der Waals surface area contributed by atoms with Gasteiger partial charge < -0.3 is 4.90 Å². The molecule has 5 nitrogen and oxygen atoms in total. The Morgan fingerprint density at radius 1 is 1.44 bits per heavy atom. The summed E-state index contributed by atoms with van der Waals surface area (Å²) in [4.78, 5) is 6.18. The predicted octanol–water partition coefficient (Wildman–Crippen LogP) is 1.83. The number of anilines is 1. The molecule has 0 spiro atoms. The molecule has 0 bridgehead atoms. The van der Waals surface area contributed by atoms with Crippen LogP contribution in [0.4, 0.5) is 5.69 Å². The Hall–Kier alpha value is -1.62. The van der Waals surface area contributed by atoms with Crippen molar-refractivity contribution < 1.29 is 0 Å². The van der Waals surface area contributed by atoms with Gasteiger partial charge in [-0.25, -0.2) is 9.67 Å². The van der Waals surface area contributed by atoms with Gasteiger partial charge in [-0.15, -0.1) is 5.10 Å². The van der Waals surface area contributed by atoms with Gasteiger partial charge in [0.2, 0.25) is 0 Å². The van der Waals surface area contributed by atoms with Crippen molar-refractivity contribution in [3.05, 3.63) is 29.3 Å². The molecule has 82 valence electrons. The number of halogens is 1. The second kappa shape index (κ2) is 3.18. The zero-order chi connectivity index (χ0) is 11.3. The van der Waals surface area contributed by atoms with Gasteiger partial charge in [-0.3, -0.25) is 0 Å². The highest BCUT2D eigenvalue weighted by Crippen LogP contribution is 2.39. The lowest BCUT2D eigenvalue weighted by Crippen LogP contribution is -2.30. The lowest BCUT2D eigenvalue weighted by Gasteiger charge is -2.33. The van der Waals surface area contributed by atoms with Crippen molar-refractivity contribution in [2.45, 2.75) is 13.0 Å². The van der Waals surface area contributed by atoms with Crippen LogP contribution in [0.25, 0.3) is 5.69 Å². The van der Waals surface area contributed by atoms with Crippen LogP contribution in [0.2, 0.25) is 5.15 Å². The summed E-state index contributed by atoms with van der Waals surface area (Å²) in [6.07, 6.45) is 3.45. The lowest BCUT2D eigenvalue weighted by atomic mass is 10.1. The standard InChI is InChI=1S/C10H10ClN5/c1-6-8-5-13-14-16(8)7-3-4-12-10(11)9(7)15(6)2/h3-6H,1-2H3. The molecule has 1 atom stereocenters. The summed E-state index contributed by atoms with van der Waals surface area (Å²) in [6, 6.07) is 2.08. The van der Waals surface area contributed by atoms with E-state index in [4.69, 9.17) is 11.6 Å². The molecule has 0 N–H and O–H groups in total. The Kier molecular flexibility index (Phi) is 1.91. The van der Waals surface area contributed by atoms with E-state index in [-0.39, 0.29) is 6.04 Å². The summed E-state index contributed by atoms with van der Waals surface area (Å²) in [7, 11) is 1.99. The average molecular weight is 236 g/mol. The van der Waals surface area contributed by atoms with E-state index in [9.17, 15) is 0 Å². The van der Waals surface area contributed by atoms with Crippen molar-refractivity contribution in [2.75, 3.05) is 11.9 Å². The van der Waals surface area contributed by atoms with Crippen LogP contribution in [-0.4, -0.2) is 27.0 Å². The van der Waals surface area contributed by atoms with Gasteiger partial charge in [-0.1, -0.05) is 16.8 Å². The first kappa shape index (κ1) is 9.59. The van der Waals surface area contributed by atoms with Crippen LogP contribution in [0.1, 0.15) is 18.7 Å². The van der Waals surface area contributed by atoms with Crippen molar-refractivity contribution in [1.82, 2.24) is 20.0 Å². The fourth-order valence-electron chi connectivity index (χ4n) is 2.02. The van der Waals surface area contributed by atoms with E-state index in [1.165, 1.54) is 0 Å². The summed E-state index contributed by atoms with van der Waals surface area (Å²) in [5, 5.41) is 8.51. The van der Waals surface area contributed by atoms with E-state index in [0.717, 1.165) is 17.1 Å². The normalized spacial score (nSPS) is 18.2. The molecule has 6 heteroatoms. The Labute approximate surface area is 97.7 Å². The zero-order valence-corrected chi connectivity index (χ0v) is 9.68. The molecule has 0 amide bonds. The van der Waals surface area contributed by atoms with E-state index in [1.54, 1.807) is 12.4 Å². The molecule has 2 aromatic heterocycles. The summed E-state index contributed by atoms with van der Waals surface area (Å²) in [5.74, 6) is 0. The van der Waals surface area contributed by atoms with Crippen molar-refractivity contribution in [3.63, 3.8) is 0 Å². The summed E-state index contributed by atoms with van der Waals surface area (Å²) >= 11 is 6.12. The highest BCUT2D eigenvalue weighted by Gasteiger charge is 2.29. The molecule has 0 fully saturated rings. The van der Waals surface area contributed by atoms with Gasteiger partial charge >= 0.3 is 0 Å². The predicted molar refractivity (Wildman–Crippen MR) is 61.0 cm³/mol. The monoisotopic (exact) mass is 235 g/mol. The minimum Gasteiger partial charge on any atom is -0.362 e. The number of pyridine rings is 1. The fourth-order valence-corrected chi connectivity index (χ4v) is 2.31. The van der Waals surface area contributed by atoms with Gasteiger partial charge in [-0.05, 0) is 13.0 Å². The molecule has 0 radical (unpaired) electrons. The van der Waals surface area contributed by atoms with Crippen LogP contribution in [0, 0.1) is 0 Å². The molecule has 3 heterocycles. The highest BCUT2D eigenvalue weighted by atomic mass is 35.5. The largest absolute Gasteiger partial charge is 0.362 e. The van der Waals surface area contributed by atoms with Crippen molar-refractivity contribution in [2.24, 2.45) is 0 Å². The number of nitrogens with zero attached hydrogens (tertiary/aromatic N) is 5. The maximum absolute atomic E-state index is 6.12. The first-order valence-corrected chi connectivity index (χ1v) is 5.36. The number of hydrogen-bond donors (Lipinski definition) is 0. The minimum absolute atomic E-state index is 0.184. The van der Waals surface area contributed by atoms with Crippen LogP contribution in [-0.2, 0) is 0 Å². The SMILES string of the molecule is CC1c2cnnn2-c2ccnc(Cl)c2N1C. The molecule has 0 aromatic carbocycles. The molecule has 2 aromatic rings. The fraction of sp³-hybridized carbons (Fsp3) is 0.300. The number of fused-ring (bicyclic) bond motifs is 3. The third-order valence-electron chi connectivity index (χ3n) is 3.02. The van der Waals surface area contributed by atoms with Crippen molar-refractivity contribution >= 4 is 17.3 Å². The highest BCUT2D eigenvalue weighted by molar-refractivity contribution is 6.32. The molecule has 0 saturated carbocycles. The molecule has 1 unspecified atom stereocenters. The Morgan fingerprint density at radius 2 is 2.25 bits per heavy atom. The van der Waals surface area contributed by atoms with Gasteiger partial charge in [-0.2, -0.15) is 0 Å². The first-order chi connectivity index (χ1) is 7.70. The van der Waals surface area contributed by atoms with E-state index in [1.807, 2.05) is 17.8 Å². The van der Waals surface area contributed by atoms with E-state index >= 15 is 0 Å². The third-order valence-corrected chi connectivity index (χ3v) is 3.30.